The van der Waals surface area contributed by atoms with Crippen LogP contribution in [0, 0.1) is 10.1 Å². The summed E-state index contributed by atoms with van der Waals surface area (Å²) in [5, 5.41) is 10.6. The molecular formula is C11H11FN2O3. The molecule has 90 valence electrons. The standard InChI is InChI=1S/C11H11FN2O3/c1-11(12,7-15)13-5-8-2-3-10(14(16)17)4-9(8)6-13/h2-4,7H,5-6H2,1H3. The fourth-order valence-corrected chi connectivity index (χ4v) is 1.88. The van der Waals surface area contributed by atoms with Crippen LogP contribution in [0.1, 0.15) is 18.1 Å². The first-order valence-corrected chi connectivity index (χ1v) is 5.10. The van der Waals surface area contributed by atoms with E-state index in [1.165, 1.54) is 24.0 Å². The van der Waals surface area contributed by atoms with E-state index in [0.717, 1.165) is 5.56 Å². The molecule has 0 saturated heterocycles. The van der Waals surface area contributed by atoms with Crippen LogP contribution in [0.2, 0.25) is 0 Å². The minimum absolute atomic E-state index is 0.0164. The number of hydrogen-bond donors (Lipinski definition) is 0. The summed E-state index contributed by atoms with van der Waals surface area (Å²) in [6.07, 6.45) is 0.243. The molecule has 0 amide bonds. The van der Waals surface area contributed by atoms with E-state index in [-0.39, 0.29) is 18.5 Å². The fraction of sp³-hybridized carbons (Fsp3) is 0.364. The van der Waals surface area contributed by atoms with Crippen LogP contribution in [0.4, 0.5) is 10.1 Å². The predicted octanol–water partition coefficient (Wildman–Crippen LogP) is 1.79. The van der Waals surface area contributed by atoms with Gasteiger partial charge >= 0.3 is 0 Å². The minimum Gasteiger partial charge on any atom is -0.298 e. The van der Waals surface area contributed by atoms with E-state index in [4.69, 9.17) is 0 Å². The van der Waals surface area contributed by atoms with Gasteiger partial charge in [-0.2, -0.15) is 0 Å². The maximum atomic E-state index is 13.8. The Bertz CT molecular complexity index is 488. The molecule has 1 unspecified atom stereocenters. The Labute approximate surface area is 97.0 Å². The average Bonchev–Trinajstić information content (AvgIpc) is 2.72. The van der Waals surface area contributed by atoms with Gasteiger partial charge in [-0.1, -0.05) is 6.07 Å². The van der Waals surface area contributed by atoms with Crippen LogP contribution in [0.3, 0.4) is 0 Å². The Balaban J connectivity index is 2.28. The number of rotatable bonds is 3. The van der Waals surface area contributed by atoms with E-state index in [0.29, 0.717) is 12.1 Å². The van der Waals surface area contributed by atoms with Crippen molar-refractivity contribution < 1.29 is 14.1 Å². The number of nitro groups is 1. The van der Waals surface area contributed by atoms with Crippen molar-refractivity contribution in [3.05, 3.63) is 39.4 Å². The molecule has 1 aromatic rings. The van der Waals surface area contributed by atoms with Gasteiger partial charge in [0.25, 0.3) is 5.69 Å². The number of fused-ring (bicyclic) bond motifs is 1. The fourth-order valence-electron chi connectivity index (χ4n) is 1.88. The molecule has 0 saturated carbocycles. The molecule has 0 aromatic heterocycles. The zero-order valence-electron chi connectivity index (χ0n) is 9.22. The molecule has 5 nitrogen and oxygen atoms in total. The molecule has 0 radical (unpaired) electrons. The maximum absolute atomic E-state index is 13.8. The van der Waals surface area contributed by atoms with Gasteiger partial charge in [-0.05, 0) is 18.1 Å². The number of non-ortho nitro benzene ring substituents is 1. The lowest BCUT2D eigenvalue weighted by molar-refractivity contribution is -0.384. The molecule has 2 rings (SSSR count). The lowest BCUT2D eigenvalue weighted by Crippen LogP contribution is -2.40. The summed E-state index contributed by atoms with van der Waals surface area (Å²) in [5.41, 5.74) is 1.50. The van der Waals surface area contributed by atoms with E-state index >= 15 is 0 Å². The summed E-state index contributed by atoms with van der Waals surface area (Å²) in [6, 6.07) is 4.42. The zero-order chi connectivity index (χ0) is 12.6. The first-order chi connectivity index (χ1) is 7.94. The van der Waals surface area contributed by atoms with Gasteiger partial charge in [0.1, 0.15) is 0 Å². The van der Waals surface area contributed by atoms with Gasteiger partial charge in [-0.3, -0.25) is 19.8 Å². The molecule has 1 atom stereocenters. The van der Waals surface area contributed by atoms with Gasteiger partial charge in [0, 0.05) is 25.2 Å². The smallest absolute Gasteiger partial charge is 0.269 e. The summed E-state index contributed by atoms with van der Waals surface area (Å²) in [5.74, 6) is -2.03. The summed E-state index contributed by atoms with van der Waals surface area (Å²) < 4.78 is 13.8. The van der Waals surface area contributed by atoms with Crippen molar-refractivity contribution >= 4 is 12.0 Å². The number of aldehydes is 1. The summed E-state index contributed by atoms with van der Waals surface area (Å²) >= 11 is 0. The second-order valence-electron chi connectivity index (χ2n) is 4.21. The Morgan fingerprint density at radius 3 is 2.71 bits per heavy atom. The lowest BCUT2D eigenvalue weighted by Gasteiger charge is -2.25. The summed E-state index contributed by atoms with van der Waals surface area (Å²) in [4.78, 5) is 22.1. The average molecular weight is 238 g/mol. The summed E-state index contributed by atoms with van der Waals surface area (Å²) in [6.45, 7) is 1.68. The predicted molar refractivity (Wildman–Crippen MR) is 57.9 cm³/mol. The highest BCUT2D eigenvalue weighted by atomic mass is 19.1. The first-order valence-electron chi connectivity index (χ1n) is 5.10. The van der Waals surface area contributed by atoms with Crippen molar-refractivity contribution in [2.75, 3.05) is 0 Å². The molecule has 1 aromatic carbocycles. The zero-order valence-corrected chi connectivity index (χ0v) is 9.22. The topological polar surface area (TPSA) is 63.5 Å². The first kappa shape index (κ1) is 11.7. The molecule has 0 bridgehead atoms. The molecule has 0 fully saturated rings. The highest BCUT2D eigenvalue weighted by Gasteiger charge is 2.35. The van der Waals surface area contributed by atoms with E-state index in [9.17, 15) is 19.3 Å². The number of nitrogens with zero attached hydrogens (tertiary/aromatic N) is 2. The van der Waals surface area contributed by atoms with Crippen molar-refractivity contribution in [1.29, 1.82) is 0 Å². The third-order valence-electron chi connectivity index (χ3n) is 2.96. The Morgan fingerprint density at radius 2 is 2.12 bits per heavy atom. The Morgan fingerprint density at radius 1 is 1.47 bits per heavy atom. The number of halogens is 1. The third kappa shape index (κ3) is 2.03. The number of carbonyl (C=O) groups is 1. The second kappa shape index (κ2) is 3.89. The van der Waals surface area contributed by atoms with Gasteiger partial charge in [0.15, 0.2) is 6.29 Å². The largest absolute Gasteiger partial charge is 0.298 e. The van der Waals surface area contributed by atoms with Gasteiger partial charge < -0.3 is 0 Å². The van der Waals surface area contributed by atoms with Crippen LogP contribution in [-0.2, 0) is 17.9 Å². The van der Waals surface area contributed by atoms with Gasteiger partial charge in [-0.25, -0.2) is 4.39 Å². The Hall–Kier alpha value is -1.82. The molecule has 0 aliphatic carbocycles. The third-order valence-corrected chi connectivity index (χ3v) is 2.96. The van der Waals surface area contributed by atoms with Gasteiger partial charge in [0.2, 0.25) is 5.79 Å². The van der Waals surface area contributed by atoms with Crippen LogP contribution in [0.5, 0.6) is 0 Å². The van der Waals surface area contributed by atoms with Gasteiger partial charge in [-0.15, -0.1) is 0 Å². The molecular weight excluding hydrogens is 227 g/mol. The number of carbonyl (C=O) groups excluding carboxylic acids is 1. The molecule has 1 heterocycles. The quantitative estimate of drug-likeness (QED) is 0.348. The van der Waals surface area contributed by atoms with Crippen molar-refractivity contribution in [1.82, 2.24) is 4.90 Å². The van der Waals surface area contributed by atoms with Crippen LogP contribution in [0.15, 0.2) is 18.2 Å². The van der Waals surface area contributed by atoms with Crippen LogP contribution in [-0.4, -0.2) is 21.9 Å². The SMILES string of the molecule is CC(F)(C=O)N1Cc2ccc([N+](=O)[O-])cc2C1. The monoisotopic (exact) mass is 238 g/mol. The van der Waals surface area contributed by atoms with Crippen molar-refractivity contribution in [2.45, 2.75) is 25.8 Å². The van der Waals surface area contributed by atoms with E-state index in [1.807, 2.05) is 0 Å². The Kier molecular flexibility index (Phi) is 2.66. The number of hydrogen-bond acceptors (Lipinski definition) is 4. The normalized spacial score (nSPS) is 18.5. The second-order valence-corrected chi connectivity index (χ2v) is 4.21. The molecule has 0 N–H and O–H groups in total. The molecule has 0 spiro atoms. The highest BCUT2D eigenvalue weighted by molar-refractivity contribution is 5.61. The molecule has 6 heteroatoms. The lowest BCUT2D eigenvalue weighted by atomic mass is 10.1. The van der Waals surface area contributed by atoms with E-state index in [2.05, 4.69) is 0 Å². The van der Waals surface area contributed by atoms with Crippen molar-refractivity contribution in [2.24, 2.45) is 0 Å². The van der Waals surface area contributed by atoms with Gasteiger partial charge in [0.05, 0.1) is 4.92 Å². The van der Waals surface area contributed by atoms with Crippen LogP contribution < -0.4 is 0 Å². The maximum Gasteiger partial charge on any atom is 0.269 e. The van der Waals surface area contributed by atoms with Crippen molar-refractivity contribution in [3.63, 3.8) is 0 Å². The van der Waals surface area contributed by atoms with Crippen molar-refractivity contribution in [3.8, 4) is 0 Å². The number of nitro benzene ring substituents is 1. The van der Waals surface area contributed by atoms with Crippen LogP contribution in [0.25, 0.3) is 0 Å². The minimum atomic E-state index is -2.03. The molecule has 1 aliphatic heterocycles. The van der Waals surface area contributed by atoms with Crippen LogP contribution >= 0.6 is 0 Å². The van der Waals surface area contributed by atoms with E-state index < -0.39 is 10.7 Å². The highest BCUT2D eigenvalue weighted by Crippen LogP contribution is 2.31. The molecule has 17 heavy (non-hydrogen) atoms. The number of benzene rings is 1. The summed E-state index contributed by atoms with van der Waals surface area (Å²) in [7, 11) is 0. The van der Waals surface area contributed by atoms with E-state index in [1.54, 1.807) is 6.07 Å². The number of alkyl halides is 1. The molecule has 1 aliphatic rings.